The molecule has 0 aliphatic carbocycles. The van der Waals surface area contributed by atoms with Gasteiger partial charge in [0, 0.05) is 19.4 Å². The first-order chi connectivity index (χ1) is 6.63. The van der Waals surface area contributed by atoms with Gasteiger partial charge in [0.25, 0.3) is 0 Å². The van der Waals surface area contributed by atoms with E-state index in [1.165, 1.54) is 0 Å². The van der Waals surface area contributed by atoms with Gasteiger partial charge in [-0.15, -0.1) is 11.6 Å². The van der Waals surface area contributed by atoms with Crippen LogP contribution in [0.4, 0.5) is 0 Å². The second kappa shape index (κ2) is 8.06. The predicted octanol–water partition coefficient (Wildman–Crippen LogP) is 1.79. The van der Waals surface area contributed by atoms with Crippen molar-refractivity contribution in [2.24, 2.45) is 5.92 Å². The highest BCUT2D eigenvalue weighted by Gasteiger charge is 2.12. The quantitative estimate of drug-likeness (QED) is 0.666. The first kappa shape index (κ1) is 13.7. The molecule has 2 unspecified atom stereocenters. The summed E-state index contributed by atoms with van der Waals surface area (Å²) in [5, 5.41) is 2.84. The van der Waals surface area contributed by atoms with Crippen LogP contribution in [0.25, 0.3) is 0 Å². The minimum Gasteiger partial charge on any atom is -0.383 e. The minimum absolute atomic E-state index is 0.0575. The first-order valence-electron chi connectivity index (χ1n) is 4.98. The zero-order chi connectivity index (χ0) is 11.0. The summed E-state index contributed by atoms with van der Waals surface area (Å²) >= 11 is 5.67. The number of rotatable bonds is 7. The van der Waals surface area contributed by atoms with E-state index in [1.807, 2.05) is 0 Å². The Balaban J connectivity index is 3.78. The molecule has 1 amide bonds. The van der Waals surface area contributed by atoms with Crippen molar-refractivity contribution in [3.8, 4) is 0 Å². The third-order valence-electron chi connectivity index (χ3n) is 2.15. The molecule has 0 bridgehead atoms. The smallest absolute Gasteiger partial charge is 0.220 e. The van der Waals surface area contributed by atoms with Crippen LogP contribution < -0.4 is 5.32 Å². The van der Waals surface area contributed by atoms with E-state index < -0.39 is 0 Å². The Kier molecular flexibility index (Phi) is 7.90. The lowest BCUT2D eigenvalue weighted by Gasteiger charge is -2.16. The summed E-state index contributed by atoms with van der Waals surface area (Å²) in [6.45, 7) is 4.60. The zero-order valence-corrected chi connectivity index (χ0v) is 9.93. The molecule has 14 heavy (non-hydrogen) atoms. The molecule has 0 heterocycles. The Bertz CT molecular complexity index is 164. The lowest BCUT2D eigenvalue weighted by atomic mass is 10.0. The van der Waals surface area contributed by atoms with E-state index in [1.54, 1.807) is 7.11 Å². The second-order valence-electron chi connectivity index (χ2n) is 3.59. The van der Waals surface area contributed by atoms with Crippen LogP contribution in [0.2, 0.25) is 0 Å². The lowest BCUT2D eigenvalue weighted by molar-refractivity contribution is -0.122. The average Bonchev–Trinajstić information content (AvgIpc) is 2.16. The number of carbonyl (C=O) groups excluding carboxylic acids is 1. The molecule has 0 aliphatic rings. The Morgan fingerprint density at radius 1 is 1.57 bits per heavy atom. The third-order valence-corrected chi connectivity index (χ3v) is 2.52. The molecule has 1 N–H and O–H groups in total. The van der Waals surface area contributed by atoms with Crippen molar-refractivity contribution in [1.82, 2.24) is 5.32 Å². The van der Waals surface area contributed by atoms with Gasteiger partial charge in [0.15, 0.2) is 0 Å². The summed E-state index contributed by atoms with van der Waals surface area (Å²) in [5.41, 5.74) is 0. The summed E-state index contributed by atoms with van der Waals surface area (Å²) in [6.07, 6.45) is 1.58. The number of methoxy groups -OCH3 is 1. The largest absolute Gasteiger partial charge is 0.383 e. The normalized spacial score (nSPS) is 14.9. The van der Waals surface area contributed by atoms with E-state index in [-0.39, 0.29) is 11.9 Å². The second-order valence-corrected chi connectivity index (χ2v) is 3.90. The van der Waals surface area contributed by atoms with Gasteiger partial charge in [-0.2, -0.15) is 0 Å². The standard InChI is InChI=1S/C10H20ClNO2/c1-4-8(2)5-10(13)12-9(6-11)7-14-3/h8-9H,4-7H2,1-3H3,(H,12,13). The Hall–Kier alpha value is -0.280. The molecule has 2 atom stereocenters. The summed E-state index contributed by atoms with van der Waals surface area (Å²) < 4.78 is 4.93. The molecule has 0 spiro atoms. The van der Waals surface area contributed by atoms with Crippen molar-refractivity contribution in [3.05, 3.63) is 0 Å². The topological polar surface area (TPSA) is 38.3 Å². The van der Waals surface area contributed by atoms with Crippen molar-refractivity contribution in [2.45, 2.75) is 32.7 Å². The number of halogens is 1. The van der Waals surface area contributed by atoms with Crippen LogP contribution in [0.15, 0.2) is 0 Å². The molecule has 3 nitrogen and oxygen atoms in total. The molecule has 0 fully saturated rings. The predicted molar refractivity (Wildman–Crippen MR) is 58.6 cm³/mol. The molecule has 0 saturated carbocycles. The fraction of sp³-hybridized carbons (Fsp3) is 0.900. The zero-order valence-electron chi connectivity index (χ0n) is 9.18. The summed E-state index contributed by atoms with van der Waals surface area (Å²) in [6, 6.07) is -0.0711. The van der Waals surface area contributed by atoms with Crippen LogP contribution in [0, 0.1) is 5.92 Å². The molecule has 0 aliphatic heterocycles. The first-order valence-corrected chi connectivity index (χ1v) is 5.51. The van der Waals surface area contributed by atoms with E-state index in [4.69, 9.17) is 16.3 Å². The molecular weight excluding hydrogens is 202 g/mol. The Morgan fingerprint density at radius 3 is 2.64 bits per heavy atom. The van der Waals surface area contributed by atoms with Crippen molar-refractivity contribution in [2.75, 3.05) is 19.6 Å². The highest BCUT2D eigenvalue weighted by atomic mass is 35.5. The van der Waals surface area contributed by atoms with Crippen LogP contribution in [0.5, 0.6) is 0 Å². The number of hydrogen-bond donors (Lipinski definition) is 1. The number of alkyl halides is 1. The molecule has 0 aromatic carbocycles. The molecule has 0 aromatic heterocycles. The van der Waals surface area contributed by atoms with Crippen molar-refractivity contribution < 1.29 is 9.53 Å². The maximum Gasteiger partial charge on any atom is 0.220 e. The monoisotopic (exact) mass is 221 g/mol. The summed E-state index contributed by atoms with van der Waals surface area (Å²) in [4.78, 5) is 11.4. The van der Waals surface area contributed by atoms with E-state index >= 15 is 0 Å². The van der Waals surface area contributed by atoms with Crippen molar-refractivity contribution in [3.63, 3.8) is 0 Å². The molecule has 84 valence electrons. The SMILES string of the molecule is CCC(C)CC(=O)NC(CCl)COC. The van der Waals surface area contributed by atoms with Crippen molar-refractivity contribution in [1.29, 1.82) is 0 Å². The van der Waals surface area contributed by atoms with E-state index in [0.717, 1.165) is 6.42 Å². The Labute approximate surface area is 91.2 Å². The number of nitrogens with one attached hydrogen (secondary N) is 1. The summed E-state index contributed by atoms with van der Waals surface area (Å²) in [7, 11) is 1.60. The average molecular weight is 222 g/mol. The number of carbonyl (C=O) groups is 1. The minimum atomic E-state index is -0.0711. The number of ether oxygens (including phenoxy) is 1. The number of hydrogen-bond acceptors (Lipinski definition) is 2. The highest BCUT2D eigenvalue weighted by molar-refractivity contribution is 6.18. The van der Waals surface area contributed by atoms with Gasteiger partial charge >= 0.3 is 0 Å². The van der Waals surface area contributed by atoms with E-state index in [2.05, 4.69) is 19.2 Å². The van der Waals surface area contributed by atoms with Gasteiger partial charge in [0.05, 0.1) is 12.6 Å². The molecule has 0 rings (SSSR count). The maximum absolute atomic E-state index is 11.4. The Morgan fingerprint density at radius 2 is 2.21 bits per heavy atom. The van der Waals surface area contributed by atoms with E-state index in [9.17, 15) is 4.79 Å². The van der Waals surface area contributed by atoms with Gasteiger partial charge < -0.3 is 10.1 Å². The van der Waals surface area contributed by atoms with Crippen LogP contribution in [-0.2, 0) is 9.53 Å². The maximum atomic E-state index is 11.4. The lowest BCUT2D eigenvalue weighted by Crippen LogP contribution is -2.39. The third kappa shape index (κ3) is 6.22. The molecular formula is C10H20ClNO2. The van der Waals surface area contributed by atoms with Gasteiger partial charge in [-0.25, -0.2) is 0 Å². The molecule has 0 saturated heterocycles. The number of amides is 1. The van der Waals surface area contributed by atoms with Crippen LogP contribution in [-0.4, -0.2) is 31.5 Å². The van der Waals surface area contributed by atoms with E-state index in [0.29, 0.717) is 24.8 Å². The fourth-order valence-electron chi connectivity index (χ4n) is 1.07. The van der Waals surface area contributed by atoms with Gasteiger partial charge in [0.1, 0.15) is 0 Å². The van der Waals surface area contributed by atoms with Gasteiger partial charge in [0.2, 0.25) is 5.91 Å². The van der Waals surface area contributed by atoms with Gasteiger partial charge in [-0.05, 0) is 5.92 Å². The van der Waals surface area contributed by atoms with Gasteiger partial charge in [-0.1, -0.05) is 20.3 Å². The van der Waals surface area contributed by atoms with Crippen molar-refractivity contribution >= 4 is 17.5 Å². The highest BCUT2D eigenvalue weighted by Crippen LogP contribution is 2.06. The molecule has 0 radical (unpaired) electrons. The molecule has 4 heteroatoms. The van der Waals surface area contributed by atoms with Crippen LogP contribution in [0.3, 0.4) is 0 Å². The van der Waals surface area contributed by atoms with Crippen LogP contribution >= 0.6 is 11.6 Å². The fourth-order valence-corrected chi connectivity index (χ4v) is 1.24. The summed E-state index contributed by atoms with van der Waals surface area (Å²) in [5.74, 6) is 0.871. The van der Waals surface area contributed by atoms with Crippen LogP contribution in [0.1, 0.15) is 26.7 Å². The molecule has 0 aromatic rings. The van der Waals surface area contributed by atoms with Gasteiger partial charge in [-0.3, -0.25) is 4.79 Å².